The van der Waals surface area contributed by atoms with Crippen molar-refractivity contribution in [1.82, 2.24) is 14.9 Å². The van der Waals surface area contributed by atoms with Crippen LogP contribution in [0.25, 0.3) is 11.0 Å². The van der Waals surface area contributed by atoms with Gasteiger partial charge in [-0.15, -0.1) is 0 Å². The molecule has 0 bridgehead atoms. The third-order valence-corrected chi connectivity index (χ3v) is 3.99. The molecule has 0 saturated carbocycles. The summed E-state index contributed by atoms with van der Waals surface area (Å²) in [5.74, 6) is -2.67. The normalized spacial score (nSPS) is 12.6. The number of amides is 1. The van der Waals surface area contributed by atoms with Gasteiger partial charge in [0.05, 0.1) is 16.4 Å². The molecule has 0 aliphatic rings. The monoisotopic (exact) mass is 371 g/mol. The molecule has 2 aromatic rings. The van der Waals surface area contributed by atoms with E-state index in [9.17, 15) is 22.8 Å². The fraction of sp³-hybridized carbons (Fsp3) is 0.471. The molecule has 0 saturated heterocycles. The first-order chi connectivity index (χ1) is 11.8. The smallest absolute Gasteiger partial charge is 0.449 e. The Morgan fingerprint density at radius 2 is 1.88 bits per heavy atom. The van der Waals surface area contributed by atoms with Gasteiger partial charge >= 0.3 is 12.1 Å². The van der Waals surface area contributed by atoms with Crippen molar-refractivity contribution in [2.24, 2.45) is 5.41 Å². The third kappa shape index (κ3) is 3.81. The molecule has 0 radical (unpaired) electrons. The zero-order valence-corrected chi connectivity index (χ0v) is 14.8. The molecule has 1 aromatic carbocycles. The highest BCUT2D eigenvalue weighted by Crippen LogP contribution is 2.33. The maximum Gasteiger partial charge on any atom is 0.449 e. The number of hydrogen-bond acceptors (Lipinski definition) is 3. The number of fused-ring (bicyclic) bond motifs is 1. The number of alkyl halides is 3. The predicted octanol–water partition coefficient (Wildman–Crippen LogP) is 3.48. The van der Waals surface area contributed by atoms with Crippen molar-refractivity contribution in [3.8, 4) is 0 Å². The molecule has 2 rings (SSSR count). The number of halogens is 3. The van der Waals surface area contributed by atoms with Gasteiger partial charge in [-0.1, -0.05) is 0 Å². The number of carboxylic acids is 1. The molecule has 0 unspecified atom stereocenters. The number of nitrogens with one attached hydrogen (secondary N) is 1. The average molecular weight is 371 g/mol. The number of rotatable bonds is 5. The molecule has 0 atom stereocenters. The van der Waals surface area contributed by atoms with Crippen LogP contribution in [0.2, 0.25) is 0 Å². The summed E-state index contributed by atoms with van der Waals surface area (Å²) < 4.78 is 40.7. The second-order valence-electron chi connectivity index (χ2n) is 6.97. The first-order valence-electron chi connectivity index (χ1n) is 7.95. The highest BCUT2D eigenvalue weighted by atomic mass is 19.4. The van der Waals surface area contributed by atoms with E-state index in [2.05, 4.69) is 10.3 Å². The van der Waals surface area contributed by atoms with Gasteiger partial charge in [-0.2, -0.15) is 13.2 Å². The number of aromatic nitrogens is 2. The van der Waals surface area contributed by atoms with Crippen LogP contribution >= 0.6 is 0 Å². The van der Waals surface area contributed by atoms with E-state index in [1.54, 1.807) is 13.8 Å². The van der Waals surface area contributed by atoms with Crippen LogP contribution in [0.3, 0.4) is 0 Å². The number of aliphatic carboxylic acids is 1. The van der Waals surface area contributed by atoms with E-state index in [0.29, 0.717) is 0 Å². The standard InChI is InChI=1S/C17H20F3N3O3/c1-9(2)23-12-6-5-10(7-11(12)22-14(23)17(18,19)20)13(24)21-8-16(3,4)15(25)26/h5-7,9H,8H2,1-4H3,(H,21,24)(H,25,26). The molecule has 1 amide bonds. The number of imidazole rings is 1. The quantitative estimate of drug-likeness (QED) is 0.843. The van der Waals surface area contributed by atoms with Crippen LogP contribution in [0.15, 0.2) is 18.2 Å². The van der Waals surface area contributed by atoms with Crippen molar-refractivity contribution in [2.45, 2.75) is 39.9 Å². The van der Waals surface area contributed by atoms with E-state index in [-0.39, 0.29) is 23.1 Å². The Morgan fingerprint density at radius 1 is 1.27 bits per heavy atom. The number of hydrogen-bond donors (Lipinski definition) is 2. The zero-order valence-electron chi connectivity index (χ0n) is 14.8. The van der Waals surface area contributed by atoms with Gasteiger partial charge in [-0.25, -0.2) is 4.98 Å². The average Bonchev–Trinajstić information content (AvgIpc) is 2.91. The second-order valence-corrected chi connectivity index (χ2v) is 6.97. The molecule has 0 spiro atoms. The third-order valence-electron chi connectivity index (χ3n) is 3.99. The number of carboxylic acid groups (broad SMARTS) is 1. The number of carbonyl (C=O) groups is 2. The summed E-state index contributed by atoms with van der Waals surface area (Å²) in [6.45, 7) is 6.03. The molecule has 6 nitrogen and oxygen atoms in total. The van der Waals surface area contributed by atoms with E-state index in [1.807, 2.05) is 0 Å². The molecule has 9 heteroatoms. The Balaban J connectivity index is 2.37. The minimum atomic E-state index is -4.61. The lowest BCUT2D eigenvalue weighted by molar-refractivity contribution is -0.147. The first-order valence-corrected chi connectivity index (χ1v) is 7.95. The topological polar surface area (TPSA) is 84.2 Å². The van der Waals surface area contributed by atoms with E-state index in [0.717, 1.165) is 4.57 Å². The molecule has 142 valence electrons. The van der Waals surface area contributed by atoms with Crippen molar-refractivity contribution >= 4 is 22.9 Å². The fourth-order valence-electron chi connectivity index (χ4n) is 2.44. The summed E-state index contributed by atoms with van der Waals surface area (Å²) in [6, 6.07) is 3.61. The maximum atomic E-state index is 13.2. The predicted molar refractivity (Wildman–Crippen MR) is 88.9 cm³/mol. The van der Waals surface area contributed by atoms with Gasteiger partial charge in [0.2, 0.25) is 5.82 Å². The molecule has 2 N–H and O–H groups in total. The molecular formula is C17H20F3N3O3. The molecule has 1 heterocycles. The second kappa shape index (κ2) is 6.62. The van der Waals surface area contributed by atoms with E-state index >= 15 is 0 Å². The minimum Gasteiger partial charge on any atom is -0.481 e. The molecule has 1 aromatic heterocycles. The molecule has 0 aliphatic heterocycles. The van der Waals surface area contributed by atoms with Crippen LogP contribution < -0.4 is 5.32 Å². The zero-order chi connectivity index (χ0) is 19.9. The molecule has 0 fully saturated rings. The summed E-state index contributed by atoms with van der Waals surface area (Å²) in [6.07, 6.45) is -4.61. The van der Waals surface area contributed by atoms with Gasteiger partial charge in [0.15, 0.2) is 0 Å². The van der Waals surface area contributed by atoms with Crippen LogP contribution in [0.1, 0.15) is 49.9 Å². The minimum absolute atomic E-state index is 0.0520. The molecule has 26 heavy (non-hydrogen) atoms. The summed E-state index contributed by atoms with van der Waals surface area (Å²) in [5.41, 5.74) is -0.727. The van der Waals surface area contributed by atoms with Gasteiger partial charge in [-0.3, -0.25) is 9.59 Å². The Kier molecular flexibility index (Phi) is 5.03. The lowest BCUT2D eigenvalue weighted by Crippen LogP contribution is -2.38. The van der Waals surface area contributed by atoms with Crippen LogP contribution in [0.5, 0.6) is 0 Å². The highest BCUT2D eigenvalue weighted by molar-refractivity contribution is 5.97. The molecular weight excluding hydrogens is 351 g/mol. The van der Waals surface area contributed by atoms with Gasteiger partial charge < -0.3 is 15.0 Å². The lowest BCUT2D eigenvalue weighted by atomic mass is 9.94. The number of benzene rings is 1. The van der Waals surface area contributed by atoms with Gasteiger partial charge in [0.25, 0.3) is 5.91 Å². The number of nitrogens with zero attached hydrogens (tertiary/aromatic N) is 2. The van der Waals surface area contributed by atoms with Crippen molar-refractivity contribution in [3.63, 3.8) is 0 Å². The van der Waals surface area contributed by atoms with Gasteiger partial charge in [-0.05, 0) is 45.9 Å². The van der Waals surface area contributed by atoms with E-state index < -0.39 is 35.3 Å². The Bertz CT molecular complexity index is 854. The SMILES string of the molecule is CC(C)n1c(C(F)(F)F)nc2cc(C(=O)NCC(C)(C)C(=O)O)ccc21. The Morgan fingerprint density at radius 3 is 2.38 bits per heavy atom. The Hall–Kier alpha value is -2.58. The van der Waals surface area contributed by atoms with Gasteiger partial charge in [0.1, 0.15) is 0 Å². The van der Waals surface area contributed by atoms with Gasteiger partial charge in [0, 0.05) is 18.2 Å². The number of carbonyl (C=O) groups excluding carboxylic acids is 1. The van der Waals surface area contributed by atoms with Crippen LogP contribution in [0.4, 0.5) is 13.2 Å². The summed E-state index contributed by atoms with van der Waals surface area (Å²) in [4.78, 5) is 26.9. The van der Waals surface area contributed by atoms with Crippen LogP contribution in [0, 0.1) is 5.41 Å². The largest absolute Gasteiger partial charge is 0.481 e. The van der Waals surface area contributed by atoms with Crippen LogP contribution in [-0.2, 0) is 11.0 Å². The fourth-order valence-corrected chi connectivity index (χ4v) is 2.44. The van der Waals surface area contributed by atoms with Crippen molar-refractivity contribution in [2.75, 3.05) is 6.54 Å². The van der Waals surface area contributed by atoms with Crippen LogP contribution in [-0.4, -0.2) is 33.1 Å². The molecule has 0 aliphatic carbocycles. The Labute approximate surface area is 148 Å². The van der Waals surface area contributed by atoms with Crippen molar-refractivity contribution in [3.05, 3.63) is 29.6 Å². The van der Waals surface area contributed by atoms with Crippen molar-refractivity contribution in [1.29, 1.82) is 0 Å². The lowest BCUT2D eigenvalue weighted by Gasteiger charge is -2.19. The summed E-state index contributed by atoms with van der Waals surface area (Å²) in [7, 11) is 0. The maximum absolute atomic E-state index is 13.2. The van der Waals surface area contributed by atoms with E-state index in [4.69, 9.17) is 5.11 Å². The first kappa shape index (κ1) is 19.7. The van der Waals surface area contributed by atoms with E-state index in [1.165, 1.54) is 32.0 Å². The highest BCUT2D eigenvalue weighted by Gasteiger charge is 2.38. The van der Waals surface area contributed by atoms with Crippen molar-refractivity contribution < 1.29 is 27.9 Å². The summed E-state index contributed by atoms with van der Waals surface area (Å²) >= 11 is 0. The summed E-state index contributed by atoms with van der Waals surface area (Å²) in [5, 5.41) is 11.5.